The normalized spacial score (nSPS) is 12.8. The molecule has 0 saturated heterocycles. The number of carbonyl (C=O) groups is 1. The van der Waals surface area contributed by atoms with Crippen LogP contribution in [0.3, 0.4) is 0 Å². The van der Waals surface area contributed by atoms with E-state index in [-0.39, 0.29) is 11.7 Å². The summed E-state index contributed by atoms with van der Waals surface area (Å²) in [6.45, 7) is 3.70. The molecule has 0 aliphatic rings. The Hall–Kier alpha value is -1.54. The van der Waals surface area contributed by atoms with Crippen molar-refractivity contribution in [2.45, 2.75) is 26.3 Å². The number of hydrogen-bond acceptors (Lipinski definition) is 6. The quantitative estimate of drug-likeness (QED) is 0.447. The van der Waals surface area contributed by atoms with Crippen molar-refractivity contribution in [2.75, 3.05) is 13.4 Å². The van der Waals surface area contributed by atoms with Gasteiger partial charge < -0.3 is 14.1 Å². The molecule has 0 heterocycles. The lowest BCUT2D eigenvalue weighted by Gasteiger charge is -2.18. The molecule has 0 fully saturated rings. The van der Waals surface area contributed by atoms with Gasteiger partial charge in [-0.05, 0) is 49.1 Å². The Morgan fingerprint density at radius 1 is 1.33 bits per heavy atom. The molecule has 0 saturated carbocycles. The smallest absolute Gasteiger partial charge is 0.322 e. The van der Waals surface area contributed by atoms with Gasteiger partial charge in [0.25, 0.3) is 0 Å². The summed E-state index contributed by atoms with van der Waals surface area (Å²) in [7, 11) is -0.525. The molecule has 1 aromatic rings. The topological polar surface area (TPSA) is 81.7 Å². The first-order chi connectivity index (χ1) is 9.67. The molecule has 1 N–H and O–H groups in total. The van der Waals surface area contributed by atoms with E-state index in [0.717, 1.165) is 22.9 Å². The summed E-state index contributed by atoms with van der Waals surface area (Å²) in [6, 6.07) is 2.84. The molecular formula is C13H20BNO5S. The SMILES string of the molecule is BN[C@@H](Cc1c(C)cc(OS(C)(=O)=O)cc1C)C(=O)OC. The van der Waals surface area contributed by atoms with Crippen molar-refractivity contribution in [2.24, 2.45) is 0 Å². The maximum Gasteiger partial charge on any atom is 0.322 e. The van der Waals surface area contributed by atoms with Crippen LogP contribution in [0, 0.1) is 13.8 Å². The molecule has 1 atom stereocenters. The second-order valence-corrected chi connectivity index (χ2v) is 6.47. The Bertz CT molecular complexity index is 606. The number of benzene rings is 1. The number of nitrogens with one attached hydrogen (secondary N) is 1. The van der Waals surface area contributed by atoms with E-state index in [2.05, 4.69) is 5.23 Å². The molecule has 0 amide bonds. The molecule has 0 aromatic heterocycles. The third kappa shape index (κ3) is 5.06. The summed E-state index contributed by atoms with van der Waals surface area (Å²) in [6.07, 6.45) is 1.46. The zero-order valence-corrected chi connectivity index (χ0v) is 13.7. The average molecular weight is 313 g/mol. The molecule has 1 rings (SSSR count). The Labute approximate surface area is 126 Å². The van der Waals surface area contributed by atoms with Gasteiger partial charge in [-0.2, -0.15) is 8.42 Å². The number of methoxy groups -OCH3 is 1. The van der Waals surface area contributed by atoms with Gasteiger partial charge in [0.1, 0.15) is 5.75 Å². The van der Waals surface area contributed by atoms with Gasteiger partial charge in [0.2, 0.25) is 0 Å². The molecule has 6 nitrogen and oxygen atoms in total. The minimum atomic E-state index is -3.56. The van der Waals surface area contributed by atoms with E-state index in [0.29, 0.717) is 6.42 Å². The van der Waals surface area contributed by atoms with Crippen molar-refractivity contribution >= 4 is 24.1 Å². The van der Waals surface area contributed by atoms with Crippen LogP contribution in [0.1, 0.15) is 16.7 Å². The Morgan fingerprint density at radius 2 is 1.86 bits per heavy atom. The largest absolute Gasteiger partial charge is 0.468 e. The molecule has 0 spiro atoms. The highest BCUT2D eigenvalue weighted by molar-refractivity contribution is 7.86. The summed E-state index contributed by atoms with van der Waals surface area (Å²) < 4.78 is 32.0. The van der Waals surface area contributed by atoms with Gasteiger partial charge in [0.05, 0.1) is 19.4 Å². The molecule has 0 bridgehead atoms. The van der Waals surface area contributed by atoms with Crippen LogP contribution in [-0.4, -0.2) is 41.8 Å². The fraction of sp³-hybridized carbons (Fsp3) is 0.462. The van der Waals surface area contributed by atoms with E-state index >= 15 is 0 Å². The van der Waals surface area contributed by atoms with E-state index in [1.165, 1.54) is 7.11 Å². The number of hydrogen-bond donors (Lipinski definition) is 1. The number of carbonyl (C=O) groups excluding carboxylic acids is 1. The molecule has 0 radical (unpaired) electrons. The van der Waals surface area contributed by atoms with E-state index in [9.17, 15) is 13.2 Å². The van der Waals surface area contributed by atoms with E-state index in [1.807, 2.05) is 13.8 Å². The zero-order valence-electron chi connectivity index (χ0n) is 12.9. The number of esters is 1. The summed E-state index contributed by atoms with van der Waals surface area (Å²) in [5, 5.41) is 2.91. The minimum Gasteiger partial charge on any atom is -0.468 e. The van der Waals surface area contributed by atoms with Crippen LogP contribution in [0.5, 0.6) is 5.75 Å². The molecule has 0 aliphatic heterocycles. The van der Waals surface area contributed by atoms with E-state index < -0.39 is 16.2 Å². The molecule has 1 aromatic carbocycles. The molecule has 0 aliphatic carbocycles. The first-order valence-electron chi connectivity index (χ1n) is 6.42. The monoisotopic (exact) mass is 313 g/mol. The molecule has 116 valence electrons. The van der Waals surface area contributed by atoms with Crippen molar-refractivity contribution in [1.29, 1.82) is 0 Å². The zero-order chi connectivity index (χ0) is 16.2. The van der Waals surface area contributed by atoms with Crippen molar-refractivity contribution in [3.63, 3.8) is 0 Å². The highest BCUT2D eigenvalue weighted by atomic mass is 32.2. The molecule has 0 unspecified atom stereocenters. The fourth-order valence-corrected chi connectivity index (χ4v) is 2.59. The van der Waals surface area contributed by atoms with Crippen LogP contribution in [-0.2, 0) is 26.1 Å². The first-order valence-corrected chi connectivity index (χ1v) is 8.24. The van der Waals surface area contributed by atoms with Crippen molar-refractivity contribution in [1.82, 2.24) is 5.23 Å². The second kappa shape index (κ2) is 6.95. The third-order valence-electron chi connectivity index (χ3n) is 3.16. The highest BCUT2D eigenvalue weighted by Crippen LogP contribution is 2.24. The van der Waals surface area contributed by atoms with Crippen molar-refractivity contribution < 1.29 is 22.1 Å². The average Bonchev–Trinajstić information content (AvgIpc) is 2.35. The van der Waals surface area contributed by atoms with E-state index in [4.69, 9.17) is 8.92 Å². The van der Waals surface area contributed by atoms with Crippen LogP contribution in [0.4, 0.5) is 0 Å². The highest BCUT2D eigenvalue weighted by Gasteiger charge is 2.20. The van der Waals surface area contributed by atoms with Gasteiger partial charge >= 0.3 is 16.1 Å². The van der Waals surface area contributed by atoms with Gasteiger partial charge in [-0.1, -0.05) is 0 Å². The number of ether oxygens (including phenoxy) is 1. The van der Waals surface area contributed by atoms with Crippen molar-refractivity contribution in [3.05, 3.63) is 28.8 Å². The van der Waals surface area contributed by atoms with Crippen LogP contribution >= 0.6 is 0 Å². The maximum absolute atomic E-state index is 11.6. The molecular weight excluding hydrogens is 293 g/mol. The first kappa shape index (κ1) is 17.5. The summed E-state index contributed by atoms with van der Waals surface area (Å²) in [5.74, 6) is -0.0666. The lowest BCUT2D eigenvalue weighted by molar-refractivity contribution is -0.142. The predicted molar refractivity (Wildman–Crippen MR) is 82.6 cm³/mol. The molecule has 8 heteroatoms. The Balaban J connectivity index is 3.07. The summed E-state index contributed by atoms with van der Waals surface area (Å²) >= 11 is 0. The van der Waals surface area contributed by atoms with Crippen LogP contribution in [0.25, 0.3) is 0 Å². The lowest BCUT2D eigenvalue weighted by Crippen LogP contribution is -2.38. The number of aryl methyl sites for hydroxylation is 2. The lowest BCUT2D eigenvalue weighted by atomic mass is 9.95. The van der Waals surface area contributed by atoms with Crippen molar-refractivity contribution in [3.8, 4) is 5.75 Å². The maximum atomic E-state index is 11.6. The van der Waals surface area contributed by atoms with Gasteiger partial charge in [-0.3, -0.25) is 4.79 Å². The van der Waals surface area contributed by atoms with Crippen LogP contribution in [0.15, 0.2) is 12.1 Å². The second-order valence-electron chi connectivity index (χ2n) is 4.89. The third-order valence-corrected chi connectivity index (χ3v) is 3.65. The summed E-state index contributed by atoms with van der Waals surface area (Å²) in [5.41, 5.74) is 2.68. The van der Waals surface area contributed by atoms with Gasteiger partial charge in [0, 0.05) is 0 Å². The Morgan fingerprint density at radius 3 is 2.24 bits per heavy atom. The molecule has 21 heavy (non-hydrogen) atoms. The van der Waals surface area contributed by atoms with Gasteiger partial charge in [0.15, 0.2) is 7.98 Å². The summed E-state index contributed by atoms with van der Waals surface area (Å²) in [4.78, 5) is 11.6. The Kier molecular flexibility index (Phi) is 5.80. The fourth-order valence-electron chi connectivity index (χ4n) is 2.15. The van der Waals surface area contributed by atoms with Gasteiger partial charge in [-0.25, -0.2) is 0 Å². The van der Waals surface area contributed by atoms with Crippen LogP contribution in [0.2, 0.25) is 0 Å². The standard InChI is InChI=1S/C13H20BNO5S/c1-8-5-10(20-21(4,17)18)6-9(2)11(8)7-12(15-14)13(16)19-3/h5-6,12,15H,7,14H2,1-4H3/t12-/m0/s1. The predicted octanol–water partition coefficient (Wildman–Crippen LogP) is -0.136. The van der Waals surface area contributed by atoms with Crippen LogP contribution < -0.4 is 9.41 Å². The van der Waals surface area contributed by atoms with Gasteiger partial charge in [-0.15, -0.1) is 0 Å². The van der Waals surface area contributed by atoms with E-state index in [1.54, 1.807) is 20.1 Å². The number of rotatable bonds is 6. The minimum absolute atomic E-state index is 0.273.